The Morgan fingerprint density at radius 1 is 1.26 bits per heavy atom. The number of nitrogens with one attached hydrogen (secondary N) is 1. The van der Waals surface area contributed by atoms with E-state index in [2.05, 4.69) is 51.7 Å². The summed E-state index contributed by atoms with van der Waals surface area (Å²) in [6.45, 7) is 4.05. The monoisotopic (exact) mass is 256 g/mol. The van der Waals surface area contributed by atoms with Gasteiger partial charge in [-0.25, -0.2) is 0 Å². The van der Waals surface area contributed by atoms with E-state index in [1.54, 1.807) is 0 Å². The Morgan fingerprint density at radius 2 is 2.11 bits per heavy atom. The number of aryl methyl sites for hydroxylation is 1. The van der Waals surface area contributed by atoms with E-state index >= 15 is 0 Å². The third kappa shape index (κ3) is 2.85. The maximum absolute atomic E-state index is 4.49. The summed E-state index contributed by atoms with van der Waals surface area (Å²) in [5.74, 6) is 0. The number of hydrogen-bond donors (Lipinski definition) is 1. The molecular weight excluding hydrogens is 236 g/mol. The van der Waals surface area contributed by atoms with Gasteiger partial charge in [0.05, 0.1) is 5.69 Å². The number of aromatic nitrogens is 2. The van der Waals surface area contributed by atoms with Crippen LogP contribution in [0.5, 0.6) is 0 Å². The molecule has 1 atom stereocenters. The summed E-state index contributed by atoms with van der Waals surface area (Å²) in [4.78, 5) is 2.51. The zero-order chi connectivity index (χ0) is 13.1. The first-order chi connectivity index (χ1) is 9.33. The van der Waals surface area contributed by atoms with Crippen molar-refractivity contribution in [1.29, 1.82) is 0 Å². The predicted molar refractivity (Wildman–Crippen MR) is 75.7 cm³/mol. The second-order valence-electron chi connectivity index (χ2n) is 5.08. The van der Waals surface area contributed by atoms with Gasteiger partial charge in [-0.15, -0.1) is 0 Å². The molecule has 0 spiro atoms. The van der Waals surface area contributed by atoms with Crippen LogP contribution in [0.25, 0.3) is 0 Å². The Morgan fingerprint density at radius 3 is 2.84 bits per heavy atom. The Labute approximate surface area is 114 Å². The summed E-state index contributed by atoms with van der Waals surface area (Å²) >= 11 is 0. The lowest BCUT2D eigenvalue weighted by Gasteiger charge is -2.36. The van der Waals surface area contributed by atoms with E-state index in [0.29, 0.717) is 6.04 Å². The molecule has 4 nitrogen and oxygen atoms in total. The zero-order valence-corrected chi connectivity index (χ0v) is 11.3. The van der Waals surface area contributed by atoms with Crippen molar-refractivity contribution in [2.75, 3.05) is 19.6 Å². The number of piperazine rings is 1. The van der Waals surface area contributed by atoms with Crippen LogP contribution < -0.4 is 5.32 Å². The van der Waals surface area contributed by atoms with Gasteiger partial charge in [-0.05, 0) is 11.6 Å². The van der Waals surface area contributed by atoms with Gasteiger partial charge in [0.1, 0.15) is 0 Å². The summed E-state index contributed by atoms with van der Waals surface area (Å²) < 4.78 is 1.87. The van der Waals surface area contributed by atoms with E-state index < -0.39 is 0 Å². The molecule has 1 saturated heterocycles. The van der Waals surface area contributed by atoms with Gasteiger partial charge in [0.25, 0.3) is 0 Å². The summed E-state index contributed by atoms with van der Waals surface area (Å²) in [7, 11) is 1.97. The zero-order valence-electron chi connectivity index (χ0n) is 11.3. The molecule has 0 bridgehead atoms. The van der Waals surface area contributed by atoms with Gasteiger partial charge < -0.3 is 5.32 Å². The molecular formula is C15H20N4. The summed E-state index contributed by atoms with van der Waals surface area (Å²) in [6, 6.07) is 13.3. The maximum Gasteiger partial charge on any atom is 0.0764 e. The van der Waals surface area contributed by atoms with Crippen molar-refractivity contribution in [3.8, 4) is 0 Å². The second kappa shape index (κ2) is 5.55. The molecule has 0 aliphatic carbocycles. The third-order valence-electron chi connectivity index (χ3n) is 3.67. The SMILES string of the molecule is Cn1ccc(CN2CCNC[C@@H]2c2ccccc2)n1. The Balaban J connectivity index is 1.77. The van der Waals surface area contributed by atoms with Crippen LogP contribution in [0.4, 0.5) is 0 Å². The van der Waals surface area contributed by atoms with Crippen molar-refractivity contribution in [3.63, 3.8) is 0 Å². The van der Waals surface area contributed by atoms with Gasteiger partial charge in [-0.3, -0.25) is 9.58 Å². The molecule has 1 aromatic carbocycles. The third-order valence-corrected chi connectivity index (χ3v) is 3.67. The molecule has 0 unspecified atom stereocenters. The molecule has 1 aliphatic heterocycles. The van der Waals surface area contributed by atoms with E-state index in [1.165, 1.54) is 5.56 Å². The maximum atomic E-state index is 4.49. The van der Waals surface area contributed by atoms with Crippen LogP contribution in [0.15, 0.2) is 42.6 Å². The first-order valence-corrected chi connectivity index (χ1v) is 6.81. The molecule has 4 heteroatoms. The van der Waals surface area contributed by atoms with Gasteiger partial charge in [0.15, 0.2) is 0 Å². The highest BCUT2D eigenvalue weighted by atomic mass is 15.3. The second-order valence-corrected chi connectivity index (χ2v) is 5.08. The molecule has 3 rings (SSSR count). The Kier molecular flexibility index (Phi) is 3.62. The molecule has 1 fully saturated rings. The predicted octanol–water partition coefficient (Wildman–Crippen LogP) is 1.57. The smallest absolute Gasteiger partial charge is 0.0764 e. The summed E-state index contributed by atoms with van der Waals surface area (Å²) in [6.07, 6.45) is 2.01. The first-order valence-electron chi connectivity index (χ1n) is 6.81. The van der Waals surface area contributed by atoms with E-state index in [4.69, 9.17) is 0 Å². The number of benzene rings is 1. The fraction of sp³-hybridized carbons (Fsp3) is 0.400. The highest BCUT2D eigenvalue weighted by molar-refractivity contribution is 5.20. The Hall–Kier alpha value is -1.65. The number of rotatable bonds is 3. The minimum atomic E-state index is 0.442. The lowest BCUT2D eigenvalue weighted by molar-refractivity contribution is 0.151. The first kappa shape index (κ1) is 12.4. The van der Waals surface area contributed by atoms with Gasteiger partial charge in [0, 0.05) is 45.5 Å². The molecule has 0 amide bonds. The molecule has 0 saturated carbocycles. The summed E-state index contributed by atoms with van der Waals surface area (Å²) in [5, 5.41) is 7.97. The van der Waals surface area contributed by atoms with E-state index in [9.17, 15) is 0 Å². The van der Waals surface area contributed by atoms with Crippen molar-refractivity contribution in [3.05, 3.63) is 53.9 Å². The highest BCUT2D eigenvalue weighted by Crippen LogP contribution is 2.23. The molecule has 0 radical (unpaired) electrons. The standard InChI is InChI=1S/C15H20N4/c1-18-9-7-14(17-18)12-19-10-8-16-11-15(19)13-5-3-2-4-6-13/h2-7,9,15-16H,8,10-12H2,1H3/t15-/m1/s1. The Bertz CT molecular complexity index is 520. The molecule has 2 aromatic rings. The van der Waals surface area contributed by atoms with E-state index in [1.807, 2.05) is 17.9 Å². The van der Waals surface area contributed by atoms with Crippen molar-refractivity contribution < 1.29 is 0 Å². The van der Waals surface area contributed by atoms with Crippen LogP contribution >= 0.6 is 0 Å². The highest BCUT2D eigenvalue weighted by Gasteiger charge is 2.23. The average molecular weight is 256 g/mol. The van der Waals surface area contributed by atoms with Crippen molar-refractivity contribution >= 4 is 0 Å². The largest absolute Gasteiger partial charge is 0.314 e. The van der Waals surface area contributed by atoms with Crippen LogP contribution in [0, 0.1) is 0 Å². The molecule has 19 heavy (non-hydrogen) atoms. The molecule has 1 N–H and O–H groups in total. The van der Waals surface area contributed by atoms with Crippen molar-refractivity contribution in [1.82, 2.24) is 20.0 Å². The van der Waals surface area contributed by atoms with Gasteiger partial charge in [0.2, 0.25) is 0 Å². The summed E-state index contributed by atoms with van der Waals surface area (Å²) in [5.41, 5.74) is 2.52. The van der Waals surface area contributed by atoms with Crippen LogP contribution in [0.1, 0.15) is 17.3 Å². The fourth-order valence-corrected chi connectivity index (χ4v) is 2.70. The van der Waals surface area contributed by atoms with E-state index in [0.717, 1.165) is 31.9 Å². The normalized spacial score (nSPS) is 20.6. The molecule has 1 aromatic heterocycles. The average Bonchev–Trinajstić information content (AvgIpc) is 2.86. The van der Waals surface area contributed by atoms with Crippen molar-refractivity contribution in [2.24, 2.45) is 7.05 Å². The van der Waals surface area contributed by atoms with Crippen LogP contribution in [-0.2, 0) is 13.6 Å². The lowest BCUT2D eigenvalue weighted by Crippen LogP contribution is -2.45. The topological polar surface area (TPSA) is 33.1 Å². The van der Waals surface area contributed by atoms with Crippen LogP contribution in [0.3, 0.4) is 0 Å². The van der Waals surface area contributed by atoms with Crippen LogP contribution in [-0.4, -0.2) is 34.3 Å². The molecule has 1 aliphatic rings. The number of hydrogen-bond acceptors (Lipinski definition) is 3. The van der Waals surface area contributed by atoms with Crippen LogP contribution in [0.2, 0.25) is 0 Å². The minimum Gasteiger partial charge on any atom is -0.314 e. The lowest BCUT2D eigenvalue weighted by atomic mass is 10.0. The van der Waals surface area contributed by atoms with Gasteiger partial charge >= 0.3 is 0 Å². The fourth-order valence-electron chi connectivity index (χ4n) is 2.70. The van der Waals surface area contributed by atoms with E-state index in [-0.39, 0.29) is 0 Å². The van der Waals surface area contributed by atoms with Crippen molar-refractivity contribution in [2.45, 2.75) is 12.6 Å². The minimum absolute atomic E-state index is 0.442. The number of nitrogens with zero attached hydrogens (tertiary/aromatic N) is 3. The molecule has 2 heterocycles. The molecule has 100 valence electrons. The van der Waals surface area contributed by atoms with Gasteiger partial charge in [-0.2, -0.15) is 5.10 Å². The quantitative estimate of drug-likeness (QED) is 0.905. The van der Waals surface area contributed by atoms with Gasteiger partial charge in [-0.1, -0.05) is 30.3 Å².